The van der Waals surface area contributed by atoms with Gasteiger partial charge in [0.05, 0.1) is 33.2 Å². The van der Waals surface area contributed by atoms with E-state index in [4.69, 9.17) is 9.97 Å². The van der Waals surface area contributed by atoms with Gasteiger partial charge in [0, 0.05) is 29.6 Å². The smallest absolute Gasteiger partial charge is 0.251 e. The van der Waals surface area contributed by atoms with E-state index in [1.54, 1.807) is 16.7 Å². The molecule has 2 heterocycles. The lowest BCUT2D eigenvalue weighted by atomic mass is 10.1. The maximum atomic E-state index is 12.2. The van der Waals surface area contributed by atoms with Gasteiger partial charge in [0.15, 0.2) is 5.16 Å². The molecule has 0 bridgehead atoms. The molecule has 7 heteroatoms. The first-order valence-corrected chi connectivity index (χ1v) is 11.9. The van der Waals surface area contributed by atoms with Gasteiger partial charge in [-0.25, -0.2) is 9.97 Å². The maximum Gasteiger partial charge on any atom is 0.251 e. The van der Waals surface area contributed by atoms with E-state index in [-0.39, 0.29) is 5.91 Å². The third-order valence-electron chi connectivity index (χ3n) is 5.30. The second-order valence-corrected chi connectivity index (χ2v) is 9.33. The van der Waals surface area contributed by atoms with E-state index < -0.39 is 0 Å². The molecule has 3 rings (SSSR count). The molecule has 0 saturated carbocycles. The number of carbonyl (C=O) groups excluding carboxylic acids is 1. The van der Waals surface area contributed by atoms with Crippen LogP contribution in [0.3, 0.4) is 0 Å². The molecular formula is C23H34N5OS+. The number of hydrogen-bond donors (Lipinski definition) is 2. The van der Waals surface area contributed by atoms with Crippen molar-refractivity contribution in [3.63, 3.8) is 0 Å². The van der Waals surface area contributed by atoms with Gasteiger partial charge in [0.25, 0.3) is 5.91 Å². The largest absolute Gasteiger partial charge is 0.352 e. The number of anilines is 1. The Bertz CT molecular complexity index is 832. The number of aryl methyl sites for hydroxylation is 1. The standard InChI is InChI=1S/C23H33N5OS/c1-5-20-14-21(28-12-10-27(4)11-13-28)26-23(25-20)30-16-18-6-8-19(9-7-18)22(29)24-15-17(2)3/h6-9,14,17H,5,10-13,15-16H2,1-4H3,(H,24,29)/p+1. The van der Waals surface area contributed by atoms with Gasteiger partial charge in [-0.1, -0.05) is 44.7 Å². The third kappa shape index (κ3) is 6.44. The van der Waals surface area contributed by atoms with Crippen LogP contribution in [-0.4, -0.2) is 55.6 Å². The van der Waals surface area contributed by atoms with Crippen LogP contribution in [0.1, 0.15) is 42.4 Å². The normalized spacial score (nSPS) is 14.9. The van der Waals surface area contributed by atoms with Crippen molar-refractivity contribution >= 4 is 23.5 Å². The summed E-state index contributed by atoms with van der Waals surface area (Å²) in [6, 6.07) is 9.96. The van der Waals surface area contributed by atoms with Crippen LogP contribution >= 0.6 is 11.8 Å². The molecule has 0 spiro atoms. The van der Waals surface area contributed by atoms with Crippen LogP contribution in [0.5, 0.6) is 0 Å². The maximum absolute atomic E-state index is 12.2. The van der Waals surface area contributed by atoms with Gasteiger partial charge < -0.3 is 15.1 Å². The molecule has 1 aliphatic heterocycles. The molecule has 162 valence electrons. The van der Waals surface area contributed by atoms with Crippen LogP contribution in [0.15, 0.2) is 35.5 Å². The summed E-state index contributed by atoms with van der Waals surface area (Å²) in [6.07, 6.45) is 0.905. The average molecular weight is 429 g/mol. The summed E-state index contributed by atoms with van der Waals surface area (Å²) in [4.78, 5) is 25.7. The average Bonchev–Trinajstić information content (AvgIpc) is 2.76. The van der Waals surface area contributed by atoms with E-state index >= 15 is 0 Å². The Labute approximate surface area is 184 Å². The molecule has 2 N–H and O–H groups in total. The Balaban J connectivity index is 1.62. The van der Waals surface area contributed by atoms with E-state index in [0.29, 0.717) is 18.0 Å². The number of nitrogens with zero attached hydrogens (tertiary/aromatic N) is 3. The zero-order valence-electron chi connectivity index (χ0n) is 18.6. The lowest BCUT2D eigenvalue weighted by Crippen LogP contribution is -3.12. The van der Waals surface area contributed by atoms with Crippen molar-refractivity contribution < 1.29 is 9.69 Å². The van der Waals surface area contributed by atoms with E-state index in [1.165, 1.54) is 0 Å². The number of hydrogen-bond acceptors (Lipinski definition) is 5. The van der Waals surface area contributed by atoms with E-state index in [2.05, 4.69) is 44.1 Å². The van der Waals surface area contributed by atoms with E-state index in [1.807, 2.05) is 24.3 Å². The summed E-state index contributed by atoms with van der Waals surface area (Å²) in [6.45, 7) is 11.4. The van der Waals surface area contributed by atoms with Crippen LogP contribution in [0.4, 0.5) is 5.82 Å². The molecule has 6 nitrogen and oxygen atoms in total. The molecule has 1 aliphatic rings. The predicted molar refractivity (Wildman–Crippen MR) is 123 cm³/mol. The van der Waals surface area contributed by atoms with Gasteiger partial charge in [-0.15, -0.1) is 0 Å². The van der Waals surface area contributed by atoms with Crippen molar-refractivity contribution in [2.45, 2.75) is 38.1 Å². The molecule has 1 saturated heterocycles. The number of piperazine rings is 1. The van der Waals surface area contributed by atoms with Crippen molar-refractivity contribution in [1.82, 2.24) is 15.3 Å². The van der Waals surface area contributed by atoms with Gasteiger partial charge in [0.1, 0.15) is 5.82 Å². The minimum Gasteiger partial charge on any atom is -0.352 e. The topological polar surface area (TPSA) is 62.6 Å². The number of thioether (sulfide) groups is 1. The van der Waals surface area contributed by atoms with Crippen LogP contribution in [0, 0.1) is 5.92 Å². The first kappa shape index (κ1) is 22.6. The molecule has 0 aliphatic carbocycles. The third-order valence-corrected chi connectivity index (χ3v) is 6.22. The fourth-order valence-electron chi connectivity index (χ4n) is 3.28. The summed E-state index contributed by atoms with van der Waals surface area (Å²) >= 11 is 1.66. The zero-order valence-corrected chi connectivity index (χ0v) is 19.4. The van der Waals surface area contributed by atoms with Gasteiger partial charge in [-0.2, -0.15) is 0 Å². The van der Waals surface area contributed by atoms with E-state index in [0.717, 1.165) is 60.6 Å². The molecule has 0 radical (unpaired) electrons. The molecule has 30 heavy (non-hydrogen) atoms. The van der Waals surface area contributed by atoms with Gasteiger partial charge in [-0.3, -0.25) is 4.79 Å². The number of benzene rings is 1. The second kappa shape index (κ2) is 10.8. The summed E-state index contributed by atoms with van der Waals surface area (Å²) in [7, 11) is 2.25. The predicted octanol–water partition coefficient (Wildman–Crippen LogP) is 2.05. The highest BCUT2D eigenvalue weighted by Crippen LogP contribution is 2.23. The molecule has 1 fully saturated rings. The number of carbonyl (C=O) groups is 1. The second-order valence-electron chi connectivity index (χ2n) is 8.39. The highest BCUT2D eigenvalue weighted by atomic mass is 32.2. The lowest BCUT2D eigenvalue weighted by molar-refractivity contribution is -0.880. The highest BCUT2D eigenvalue weighted by Gasteiger charge is 2.19. The van der Waals surface area contributed by atoms with Crippen LogP contribution in [0.2, 0.25) is 0 Å². The number of amides is 1. The Hall–Kier alpha value is -2.12. The molecule has 0 unspecified atom stereocenters. The summed E-state index contributed by atoms with van der Waals surface area (Å²) in [5.41, 5.74) is 2.95. The fraction of sp³-hybridized carbons (Fsp3) is 0.522. The Morgan fingerprint density at radius 3 is 2.53 bits per heavy atom. The van der Waals surface area contributed by atoms with Crippen LogP contribution in [-0.2, 0) is 12.2 Å². The van der Waals surface area contributed by atoms with Gasteiger partial charge in [-0.05, 0) is 30.0 Å². The summed E-state index contributed by atoms with van der Waals surface area (Å²) in [5, 5.41) is 3.79. The van der Waals surface area contributed by atoms with Gasteiger partial charge >= 0.3 is 0 Å². The Morgan fingerprint density at radius 1 is 1.20 bits per heavy atom. The molecule has 0 atom stereocenters. The molecule has 1 aromatic heterocycles. The Kier molecular flexibility index (Phi) is 8.10. The quantitative estimate of drug-likeness (QED) is 0.498. The first-order valence-electron chi connectivity index (χ1n) is 10.9. The van der Waals surface area contributed by atoms with Crippen molar-refractivity contribution in [3.8, 4) is 0 Å². The molecule has 2 aromatic rings. The van der Waals surface area contributed by atoms with E-state index in [9.17, 15) is 4.79 Å². The number of rotatable bonds is 8. The zero-order chi connectivity index (χ0) is 21.5. The Morgan fingerprint density at radius 2 is 1.90 bits per heavy atom. The fourth-order valence-corrected chi connectivity index (χ4v) is 4.11. The lowest BCUT2D eigenvalue weighted by Gasteiger charge is -2.31. The van der Waals surface area contributed by atoms with Crippen molar-refractivity contribution in [2.75, 3.05) is 44.7 Å². The summed E-state index contributed by atoms with van der Waals surface area (Å²) in [5.74, 6) is 2.27. The monoisotopic (exact) mass is 428 g/mol. The molecule has 1 amide bonds. The van der Waals surface area contributed by atoms with Gasteiger partial charge in [0.2, 0.25) is 0 Å². The number of likely N-dealkylation sites (N-methyl/N-ethyl adjacent to an activating group) is 1. The number of quaternary nitrogens is 1. The van der Waals surface area contributed by atoms with Crippen LogP contribution < -0.4 is 15.1 Å². The SMILES string of the molecule is CCc1cc(N2CC[NH+](C)CC2)nc(SCc2ccc(C(=O)NCC(C)C)cc2)n1. The number of aromatic nitrogens is 2. The molecule has 1 aromatic carbocycles. The first-order chi connectivity index (χ1) is 14.4. The summed E-state index contributed by atoms with van der Waals surface area (Å²) < 4.78 is 0. The highest BCUT2D eigenvalue weighted by molar-refractivity contribution is 7.98. The van der Waals surface area contributed by atoms with Crippen LogP contribution in [0.25, 0.3) is 0 Å². The molecular weight excluding hydrogens is 394 g/mol. The van der Waals surface area contributed by atoms with Crippen molar-refractivity contribution in [1.29, 1.82) is 0 Å². The van der Waals surface area contributed by atoms with Crippen molar-refractivity contribution in [2.24, 2.45) is 5.92 Å². The van der Waals surface area contributed by atoms with Crippen molar-refractivity contribution in [3.05, 3.63) is 47.2 Å². The number of nitrogens with one attached hydrogen (secondary N) is 2. The minimum absolute atomic E-state index is 0.0134. The minimum atomic E-state index is -0.0134.